The Labute approximate surface area is 139 Å². The molecule has 126 valence electrons. The van der Waals surface area contributed by atoms with Crippen LogP contribution in [-0.4, -0.2) is 37.2 Å². The summed E-state index contributed by atoms with van der Waals surface area (Å²) < 4.78 is 6.74. The standard InChI is InChI=1S/C16H19N5O3/c1-16(2,3)24-15(23)20-14-17-9-11(10-18-14)13(22)6-5-12-7-8-19-21(12)4/h5-10H,1-4H3,(H,17,18,20,23)/b6-5+. The quantitative estimate of drug-likeness (QED) is 0.683. The van der Waals surface area contributed by atoms with E-state index in [9.17, 15) is 9.59 Å². The van der Waals surface area contributed by atoms with Crippen LogP contribution in [0.3, 0.4) is 0 Å². The van der Waals surface area contributed by atoms with Gasteiger partial charge in [-0.25, -0.2) is 14.8 Å². The van der Waals surface area contributed by atoms with Crippen molar-refractivity contribution in [3.05, 3.63) is 42.0 Å². The van der Waals surface area contributed by atoms with Crippen LogP contribution in [0.25, 0.3) is 6.08 Å². The summed E-state index contributed by atoms with van der Waals surface area (Å²) in [5, 5.41) is 6.41. The minimum atomic E-state index is -0.655. The van der Waals surface area contributed by atoms with Gasteiger partial charge in [-0.05, 0) is 39.0 Å². The third-order valence-electron chi connectivity index (χ3n) is 2.81. The molecule has 0 unspecified atom stereocenters. The maximum absolute atomic E-state index is 12.1. The zero-order chi connectivity index (χ0) is 17.7. The van der Waals surface area contributed by atoms with Gasteiger partial charge in [0.25, 0.3) is 0 Å². The first-order chi connectivity index (χ1) is 11.2. The van der Waals surface area contributed by atoms with E-state index >= 15 is 0 Å². The molecule has 8 heteroatoms. The van der Waals surface area contributed by atoms with Gasteiger partial charge >= 0.3 is 6.09 Å². The van der Waals surface area contributed by atoms with Crippen LogP contribution in [0.15, 0.2) is 30.7 Å². The van der Waals surface area contributed by atoms with Gasteiger partial charge in [-0.3, -0.25) is 14.8 Å². The van der Waals surface area contributed by atoms with Gasteiger partial charge in [-0.1, -0.05) is 0 Å². The highest BCUT2D eigenvalue weighted by Crippen LogP contribution is 2.09. The lowest BCUT2D eigenvalue weighted by Gasteiger charge is -2.19. The van der Waals surface area contributed by atoms with Crippen LogP contribution in [0.2, 0.25) is 0 Å². The number of nitrogens with zero attached hydrogens (tertiary/aromatic N) is 4. The van der Waals surface area contributed by atoms with Crippen molar-refractivity contribution in [1.82, 2.24) is 19.7 Å². The first kappa shape index (κ1) is 17.3. The van der Waals surface area contributed by atoms with E-state index in [4.69, 9.17) is 4.74 Å². The molecule has 0 radical (unpaired) electrons. The van der Waals surface area contributed by atoms with Gasteiger partial charge in [0.05, 0.1) is 11.3 Å². The normalized spacial score (nSPS) is 11.5. The van der Waals surface area contributed by atoms with Crippen LogP contribution in [-0.2, 0) is 11.8 Å². The average molecular weight is 329 g/mol. The molecule has 2 rings (SSSR count). The van der Waals surface area contributed by atoms with Gasteiger partial charge in [-0.2, -0.15) is 5.10 Å². The summed E-state index contributed by atoms with van der Waals surface area (Å²) in [4.78, 5) is 31.6. The molecule has 0 atom stereocenters. The van der Waals surface area contributed by atoms with Gasteiger partial charge in [0.15, 0.2) is 5.78 Å². The summed E-state index contributed by atoms with van der Waals surface area (Å²) in [5.41, 5.74) is 0.493. The number of aromatic nitrogens is 4. The molecular formula is C16H19N5O3. The van der Waals surface area contributed by atoms with Gasteiger partial charge in [0.2, 0.25) is 5.95 Å². The number of rotatable bonds is 4. The molecule has 1 amide bonds. The van der Waals surface area contributed by atoms with Crippen molar-refractivity contribution in [2.24, 2.45) is 7.05 Å². The number of aryl methyl sites for hydroxylation is 1. The van der Waals surface area contributed by atoms with Crippen LogP contribution >= 0.6 is 0 Å². The fourth-order valence-corrected chi connectivity index (χ4v) is 1.72. The molecule has 2 aromatic rings. The van der Waals surface area contributed by atoms with Gasteiger partial charge in [-0.15, -0.1) is 0 Å². The van der Waals surface area contributed by atoms with E-state index in [1.54, 1.807) is 50.8 Å². The fraction of sp³-hybridized carbons (Fsp3) is 0.312. The number of nitrogens with one attached hydrogen (secondary N) is 1. The Morgan fingerprint density at radius 1 is 1.25 bits per heavy atom. The van der Waals surface area contributed by atoms with Gasteiger partial charge in [0, 0.05) is 25.6 Å². The summed E-state index contributed by atoms with van der Waals surface area (Å²) in [7, 11) is 1.78. The molecule has 1 N–H and O–H groups in total. The number of amides is 1. The van der Waals surface area contributed by atoms with Crippen molar-refractivity contribution >= 4 is 23.9 Å². The number of carbonyl (C=O) groups is 2. The Hall–Kier alpha value is -3.03. The monoisotopic (exact) mass is 329 g/mol. The zero-order valence-corrected chi connectivity index (χ0v) is 14.0. The highest BCUT2D eigenvalue weighted by Gasteiger charge is 2.17. The number of ketones is 1. The van der Waals surface area contributed by atoms with Crippen molar-refractivity contribution in [3.63, 3.8) is 0 Å². The summed E-state index contributed by atoms with van der Waals surface area (Å²) in [6.07, 6.45) is 6.74. The molecule has 2 aromatic heterocycles. The predicted molar refractivity (Wildman–Crippen MR) is 88.5 cm³/mol. The Morgan fingerprint density at radius 3 is 2.46 bits per heavy atom. The molecule has 0 fully saturated rings. The molecule has 0 spiro atoms. The van der Waals surface area contributed by atoms with E-state index in [0.717, 1.165) is 5.69 Å². The number of allylic oxidation sites excluding steroid dienone is 1. The van der Waals surface area contributed by atoms with Gasteiger partial charge in [0.1, 0.15) is 5.60 Å². The highest BCUT2D eigenvalue weighted by atomic mass is 16.6. The smallest absolute Gasteiger partial charge is 0.414 e. The van der Waals surface area contributed by atoms with E-state index in [0.29, 0.717) is 5.56 Å². The van der Waals surface area contributed by atoms with Crippen molar-refractivity contribution in [2.75, 3.05) is 5.32 Å². The summed E-state index contributed by atoms with van der Waals surface area (Å²) in [6.45, 7) is 5.26. The van der Waals surface area contributed by atoms with Gasteiger partial charge < -0.3 is 4.74 Å². The average Bonchev–Trinajstić information content (AvgIpc) is 2.89. The zero-order valence-electron chi connectivity index (χ0n) is 14.0. The lowest BCUT2D eigenvalue weighted by atomic mass is 10.2. The van der Waals surface area contributed by atoms with E-state index in [-0.39, 0.29) is 11.7 Å². The van der Waals surface area contributed by atoms with Crippen molar-refractivity contribution in [3.8, 4) is 0 Å². The van der Waals surface area contributed by atoms with E-state index in [1.165, 1.54) is 18.5 Å². The SMILES string of the molecule is Cn1nccc1/C=C/C(=O)c1cnc(NC(=O)OC(C)(C)C)nc1. The minimum absolute atomic E-state index is 0.0661. The molecule has 0 aliphatic carbocycles. The number of ether oxygens (including phenoxy) is 1. The van der Waals surface area contributed by atoms with Crippen LogP contribution in [0.4, 0.5) is 10.7 Å². The van der Waals surface area contributed by atoms with Crippen molar-refractivity contribution < 1.29 is 14.3 Å². The molecule has 0 saturated heterocycles. The number of anilines is 1. The largest absolute Gasteiger partial charge is 0.444 e. The van der Waals surface area contributed by atoms with Crippen LogP contribution in [0.5, 0.6) is 0 Å². The second kappa shape index (κ2) is 7.03. The first-order valence-corrected chi connectivity index (χ1v) is 7.27. The topological polar surface area (TPSA) is 99.0 Å². The highest BCUT2D eigenvalue weighted by molar-refractivity contribution is 6.06. The first-order valence-electron chi connectivity index (χ1n) is 7.27. The summed E-state index contributed by atoms with van der Waals surface area (Å²) in [6, 6.07) is 1.79. The van der Waals surface area contributed by atoms with E-state index in [2.05, 4.69) is 20.4 Å². The molecule has 2 heterocycles. The third kappa shape index (κ3) is 5.01. The second-order valence-corrected chi connectivity index (χ2v) is 6.00. The Morgan fingerprint density at radius 2 is 1.92 bits per heavy atom. The number of hydrogen-bond donors (Lipinski definition) is 1. The Bertz CT molecular complexity index is 757. The molecule has 0 aliphatic rings. The van der Waals surface area contributed by atoms with Crippen molar-refractivity contribution in [1.29, 1.82) is 0 Å². The second-order valence-electron chi connectivity index (χ2n) is 6.00. The molecule has 8 nitrogen and oxygen atoms in total. The lowest BCUT2D eigenvalue weighted by molar-refractivity contribution is 0.0634. The van der Waals surface area contributed by atoms with E-state index in [1.807, 2.05) is 0 Å². The maximum Gasteiger partial charge on any atom is 0.414 e. The van der Waals surface area contributed by atoms with Crippen LogP contribution in [0.1, 0.15) is 36.8 Å². The minimum Gasteiger partial charge on any atom is -0.444 e. The number of hydrogen-bond acceptors (Lipinski definition) is 6. The summed E-state index contributed by atoms with van der Waals surface area (Å²) >= 11 is 0. The van der Waals surface area contributed by atoms with Crippen molar-refractivity contribution in [2.45, 2.75) is 26.4 Å². The maximum atomic E-state index is 12.1. The lowest BCUT2D eigenvalue weighted by Crippen LogP contribution is -2.27. The molecule has 0 saturated carbocycles. The van der Waals surface area contributed by atoms with E-state index < -0.39 is 11.7 Å². The molecule has 0 aliphatic heterocycles. The molecule has 0 aromatic carbocycles. The third-order valence-corrected chi connectivity index (χ3v) is 2.81. The molecule has 24 heavy (non-hydrogen) atoms. The van der Waals surface area contributed by atoms with Crippen LogP contribution < -0.4 is 5.32 Å². The van der Waals surface area contributed by atoms with Crippen LogP contribution in [0, 0.1) is 0 Å². The fourth-order valence-electron chi connectivity index (χ4n) is 1.72. The molecular weight excluding hydrogens is 310 g/mol. The molecule has 0 bridgehead atoms. The summed E-state index contributed by atoms with van der Waals surface area (Å²) in [5.74, 6) is -0.184. The Kier molecular flexibility index (Phi) is 5.08. The predicted octanol–water partition coefficient (Wildman–Crippen LogP) is 2.45. The number of carbonyl (C=O) groups excluding carboxylic acids is 2. The Balaban J connectivity index is 1.98.